The molecule has 0 aliphatic heterocycles. The number of halogens is 2. The lowest BCUT2D eigenvalue weighted by atomic mass is 10.0. The predicted molar refractivity (Wildman–Crippen MR) is 108 cm³/mol. The van der Waals surface area contributed by atoms with E-state index >= 15 is 0 Å². The van der Waals surface area contributed by atoms with Gasteiger partial charge >= 0.3 is 0 Å². The van der Waals surface area contributed by atoms with Crippen molar-refractivity contribution in [2.24, 2.45) is 5.92 Å². The smallest absolute Gasteiger partial charge is 0.183 e. The van der Waals surface area contributed by atoms with Crippen LogP contribution in [0.2, 0.25) is 10.0 Å². The Hall–Kier alpha value is -0.810. The molecule has 1 aromatic heterocycles. The summed E-state index contributed by atoms with van der Waals surface area (Å²) in [6.45, 7) is 7.54. The summed E-state index contributed by atoms with van der Waals surface area (Å²) in [6, 6.07) is 6.09. The molecule has 1 unspecified atom stereocenters. The summed E-state index contributed by atoms with van der Waals surface area (Å²) in [5.74, 6) is 0.569. The van der Waals surface area contributed by atoms with Gasteiger partial charge in [0.1, 0.15) is 0 Å². The third-order valence-corrected chi connectivity index (χ3v) is 5.50. The van der Waals surface area contributed by atoms with E-state index in [9.17, 15) is 0 Å². The van der Waals surface area contributed by atoms with Crippen molar-refractivity contribution in [3.8, 4) is 11.3 Å². The van der Waals surface area contributed by atoms with Gasteiger partial charge in [0.2, 0.25) is 0 Å². The van der Waals surface area contributed by atoms with E-state index in [-0.39, 0.29) is 0 Å². The molecule has 0 fully saturated rings. The SMILES string of the molecule is CCC(CNC)Nc1nc(-c2ccc(Cl)c(Cl)c2)c(CC(C)C)s1. The minimum absolute atomic E-state index is 0.370. The van der Waals surface area contributed by atoms with Crippen LogP contribution in [0, 0.1) is 5.92 Å². The second-order valence-electron chi connectivity index (χ2n) is 6.32. The van der Waals surface area contributed by atoms with Crippen molar-refractivity contribution in [2.75, 3.05) is 18.9 Å². The van der Waals surface area contributed by atoms with Gasteiger partial charge in [0.15, 0.2) is 5.13 Å². The van der Waals surface area contributed by atoms with Crippen LogP contribution in [-0.4, -0.2) is 24.6 Å². The molecular weight excluding hydrogens is 361 g/mol. The summed E-state index contributed by atoms with van der Waals surface area (Å²) in [7, 11) is 1.97. The molecular formula is C18H25Cl2N3S. The minimum atomic E-state index is 0.370. The zero-order chi connectivity index (χ0) is 17.7. The van der Waals surface area contributed by atoms with Gasteiger partial charge in [-0.1, -0.05) is 50.0 Å². The van der Waals surface area contributed by atoms with E-state index in [4.69, 9.17) is 28.2 Å². The lowest BCUT2D eigenvalue weighted by Crippen LogP contribution is -2.30. The normalized spacial score (nSPS) is 12.6. The first-order valence-corrected chi connectivity index (χ1v) is 9.88. The molecule has 0 bridgehead atoms. The molecule has 0 spiro atoms. The molecule has 132 valence electrons. The zero-order valence-electron chi connectivity index (χ0n) is 14.6. The predicted octanol–water partition coefficient (Wildman–Crippen LogP) is 5.73. The van der Waals surface area contributed by atoms with Crippen LogP contribution in [0.25, 0.3) is 11.3 Å². The maximum atomic E-state index is 6.20. The topological polar surface area (TPSA) is 37.0 Å². The quantitative estimate of drug-likeness (QED) is 0.609. The monoisotopic (exact) mass is 385 g/mol. The van der Waals surface area contributed by atoms with E-state index in [1.165, 1.54) is 4.88 Å². The van der Waals surface area contributed by atoms with Gasteiger partial charge in [-0.2, -0.15) is 0 Å². The fraction of sp³-hybridized carbons (Fsp3) is 0.500. The molecule has 1 atom stereocenters. The van der Waals surface area contributed by atoms with E-state index in [1.54, 1.807) is 11.3 Å². The molecule has 2 rings (SSSR count). The van der Waals surface area contributed by atoms with Crippen LogP contribution in [-0.2, 0) is 6.42 Å². The van der Waals surface area contributed by atoms with Crippen LogP contribution in [0.5, 0.6) is 0 Å². The minimum Gasteiger partial charge on any atom is -0.357 e. The van der Waals surface area contributed by atoms with Gasteiger partial charge < -0.3 is 10.6 Å². The lowest BCUT2D eigenvalue weighted by Gasteiger charge is -2.15. The van der Waals surface area contributed by atoms with E-state index in [0.29, 0.717) is 22.0 Å². The van der Waals surface area contributed by atoms with Crippen LogP contribution in [0.15, 0.2) is 18.2 Å². The zero-order valence-corrected chi connectivity index (χ0v) is 16.9. The number of rotatable bonds is 8. The molecule has 0 aliphatic rings. The standard InChI is InChI=1S/C18H25Cl2N3S/c1-5-13(10-21-4)22-18-23-17(16(24-18)8-11(2)3)12-6-7-14(19)15(20)9-12/h6-7,9,11,13,21H,5,8,10H2,1-4H3,(H,22,23). The van der Waals surface area contributed by atoms with Crippen molar-refractivity contribution in [3.63, 3.8) is 0 Å². The largest absolute Gasteiger partial charge is 0.357 e. The average molecular weight is 386 g/mol. The van der Waals surface area contributed by atoms with E-state index in [2.05, 4.69) is 31.4 Å². The molecule has 6 heteroatoms. The second kappa shape index (κ2) is 9.04. The van der Waals surface area contributed by atoms with Crippen LogP contribution in [0.3, 0.4) is 0 Å². The maximum Gasteiger partial charge on any atom is 0.183 e. The summed E-state index contributed by atoms with van der Waals surface area (Å²) in [6.07, 6.45) is 2.04. The van der Waals surface area contributed by atoms with Gasteiger partial charge in [-0.05, 0) is 37.9 Å². The van der Waals surface area contributed by atoms with Crippen molar-refractivity contribution in [1.29, 1.82) is 0 Å². The Bertz CT molecular complexity index is 670. The van der Waals surface area contributed by atoms with Gasteiger partial charge in [0.05, 0.1) is 15.7 Å². The molecule has 1 heterocycles. The molecule has 0 amide bonds. The van der Waals surface area contributed by atoms with Crippen molar-refractivity contribution in [2.45, 2.75) is 39.7 Å². The van der Waals surface area contributed by atoms with E-state index in [1.807, 2.05) is 25.2 Å². The summed E-state index contributed by atoms with van der Waals surface area (Å²) in [5.41, 5.74) is 2.03. The van der Waals surface area contributed by atoms with Gasteiger partial charge in [0, 0.05) is 23.0 Å². The number of nitrogens with one attached hydrogen (secondary N) is 2. The first-order valence-electron chi connectivity index (χ1n) is 8.30. The maximum absolute atomic E-state index is 6.20. The summed E-state index contributed by atoms with van der Waals surface area (Å²) in [5, 5.41) is 8.86. The van der Waals surface area contributed by atoms with Crippen LogP contribution >= 0.6 is 34.5 Å². The number of benzene rings is 1. The molecule has 3 nitrogen and oxygen atoms in total. The van der Waals surface area contributed by atoms with Crippen molar-refractivity contribution in [1.82, 2.24) is 10.3 Å². The highest BCUT2D eigenvalue weighted by Crippen LogP contribution is 2.35. The highest BCUT2D eigenvalue weighted by atomic mass is 35.5. The van der Waals surface area contributed by atoms with Crippen LogP contribution in [0.1, 0.15) is 32.1 Å². The van der Waals surface area contributed by atoms with Gasteiger partial charge in [0.25, 0.3) is 0 Å². The Morgan fingerprint density at radius 3 is 2.54 bits per heavy atom. The third-order valence-electron chi connectivity index (χ3n) is 3.75. The summed E-state index contributed by atoms with van der Waals surface area (Å²) >= 11 is 14.0. The number of anilines is 1. The van der Waals surface area contributed by atoms with Gasteiger partial charge in [-0.3, -0.25) is 0 Å². The Morgan fingerprint density at radius 1 is 1.21 bits per heavy atom. The number of thiazole rings is 1. The summed E-state index contributed by atoms with van der Waals surface area (Å²) < 4.78 is 0. The first kappa shape index (κ1) is 19.5. The van der Waals surface area contributed by atoms with E-state index in [0.717, 1.165) is 35.8 Å². The van der Waals surface area contributed by atoms with Gasteiger partial charge in [-0.15, -0.1) is 11.3 Å². The Kier molecular flexibility index (Phi) is 7.35. The fourth-order valence-corrected chi connectivity index (χ4v) is 4.08. The molecule has 0 radical (unpaired) electrons. The number of nitrogens with zero attached hydrogens (tertiary/aromatic N) is 1. The molecule has 2 aromatic rings. The fourth-order valence-electron chi connectivity index (χ4n) is 2.51. The Labute approximate surface area is 158 Å². The average Bonchev–Trinajstić information content (AvgIpc) is 2.91. The van der Waals surface area contributed by atoms with Crippen molar-refractivity contribution < 1.29 is 0 Å². The molecule has 0 saturated carbocycles. The second-order valence-corrected chi connectivity index (χ2v) is 8.22. The number of hydrogen-bond acceptors (Lipinski definition) is 4. The van der Waals surface area contributed by atoms with Gasteiger partial charge in [-0.25, -0.2) is 4.98 Å². The van der Waals surface area contributed by atoms with Crippen molar-refractivity contribution in [3.05, 3.63) is 33.1 Å². The van der Waals surface area contributed by atoms with Crippen LogP contribution < -0.4 is 10.6 Å². The first-order chi connectivity index (χ1) is 11.4. The highest BCUT2D eigenvalue weighted by molar-refractivity contribution is 7.16. The highest BCUT2D eigenvalue weighted by Gasteiger charge is 2.17. The molecule has 1 aromatic carbocycles. The third kappa shape index (κ3) is 5.09. The van der Waals surface area contributed by atoms with Crippen LogP contribution in [0.4, 0.5) is 5.13 Å². The van der Waals surface area contributed by atoms with Crippen molar-refractivity contribution >= 4 is 39.7 Å². The summed E-state index contributed by atoms with van der Waals surface area (Å²) in [4.78, 5) is 6.13. The number of likely N-dealkylation sites (N-methyl/N-ethyl adjacent to an activating group) is 1. The lowest BCUT2D eigenvalue weighted by molar-refractivity contribution is 0.636. The molecule has 24 heavy (non-hydrogen) atoms. The number of aromatic nitrogens is 1. The Balaban J connectivity index is 2.35. The Morgan fingerprint density at radius 2 is 1.96 bits per heavy atom. The molecule has 0 aliphatic carbocycles. The van der Waals surface area contributed by atoms with E-state index < -0.39 is 0 Å². The molecule has 0 saturated heterocycles. The molecule has 2 N–H and O–H groups in total. The number of hydrogen-bond donors (Lipinski definition) is 2.